The van der Waals surface area contributed by atoms with Crippen LogP contribution < -0.4 is 10.1 Å². The first kappa shape index (κ1) is 19.7. The number of rotatable bonds is 5. The molecule has 5 rings (SSSR count). The van der Waals surface area contributed by atoms with Crippen LogP contribution >= 0.6 is 11.3 Å². The van der Waals surface area contributed by atoms with E-state index < -0.39 is 6.10 Å². The first-order valence-corrected chi connectivity index (χ1v) is 11.6. The number of benzene rings is 2. The van der Waals surface area contributed by atoms with Gasteiger partial charge in [0.2, 0.25) is 0 Å². The lowest BCUT2D eigenvalue weighted by molar-refractivity contribution is 0.0442. The van der Waals surface area contributed by atoms with Crippen LogP contribution in [-0.4, -0.2) is 35.7 Å². The molecule has 1 heterocycles. The van der Waals surface area contributed by atoms with E-state index in [0.717, 1.165) is 42.4 Å². The molecular formula is C25H27NO3S. The van der Waals surface area contributed by atoms with Crippen molar-refractivity contribution in [2.24, 2.45) is 5.92 Å². The molecule has 0 bridgehead atoms. The molecule has 3 aromatic rings. The summed E-state index contributed by atoms with van der Waals surface area (Å²) in [5, 5.41) is 16.6. The lowest BCUT2D eigenvalue weighted by Crippen LogP contribution is -2.44. The summed E-state index contributed by atoms with van der Waals surface area (Å²) < 4.78 is 6.13. The largest absolute Gasteiger partial charge is 0.488 e. The third-order valence-corrected chi connectivity index (χ3v) is 7.59. The highest BCUT2D eigenvalue weighted by atomic mass is 32.1. The number of Topliss-reactive ketones (excluding diaryl/α,β-unsaturated/α-hetero) is 1. The fraction of sp³-hybridized carbons (Fsp3) is 0.400. The van der Waals surface area contributed by atoms with E-state index in [0.29, 0.717) is 6.54 Å². The highest BCUT2D eigenvalue weighted by molar-refractivity contribution is 7.12. The van der Waals surface area contributed by atoms with Gasteiger partial charge in [0.25, 0.3) is 0 Å². The summed E-state index contributed by atoms with van der Waals surface area (Å²) in [4.78, 5) is 15.3. The van der Waals surface area contributed by atoms with Gasteiger partial charge in [-0.15, -0.1) is 11.3 Å². The van der Waals surface area contributed by atoms with Crippen LogP contribution in [0.15, 0.2) is 48.5 Å². The topological polar surface area (TPSA) is 58.6 Å². The molecule has 156 valence electrons. The van der Waals surface area contributed by atoms with Crippen LogP contribution in [0.25, 0.3) is 10.8 Å². The number of thiophene rings is 1. The molecule has 2 aromatic carbocycles. The molecule has 1 fully saturated rings. The van der Waals surface area contributed by atoms with Gasteiger partial charge < -0.3 is 15.2 Å². The maximum Gasteiger partial charge on any atom is 0.168 e. The van der Waals surface area contributed by atoms with E-state index in [2.05, 4.69) is 30.4 Å². The molecule has 30 heavy (non-hydrogen) atoms. The number of ketones is 1. The van der Waals surface area contributed by atoms with Crippen molar-refractivity contribution in [3.63, 3.8) is 0 Å². The van der Waals surface area contributed by atoms with E-state index in [1.54, 1.807) is 11.3 Å². The monoisotopic (exact) mass is 421 g/mol. The quantitative estimate of drug-likeness (QED) is 0.636. The number of carbonyl (C=O) groups excluding carboxylic acids is 1. The van der Waals surface area contributed by atoms with E-state index in [1.807, 2.05) is 30.3 Å². The number of carbonyl (C=O) groups is 1. The molecular weight excluding hydrogens is 394 g/mol. The summed E-state index contributed by atoms with van der Waals surface area (Å²) in [5.41, 5.74) is 0.917. The Morgan fingerprint density at radius 2 is 1.93 bits per heavy atom. The van der Waals surface area contributed by atoms with Crippen LogP contribution in [0.3, 0.4) is 0 Å². The molecule has 1 saturated carbocycles. The summed E-state index contributed by atoms with van der Waals surface area (Å²) in [6, 6.07) is 16.2. The van der Waals surface area contributed by atoms with Crippen molar-refractivity contribution >= 4 is 27.9 Å². The standard InChI is InChI=1S/C25H27NO3S/c1-15-12-20-23(30-15)11-7-18(24(20)27)14-26-21-9-10-22(25(21)28)29-19-8-6-16-4-2-3-5-17(16)13-19/h2-6,8,12-13,18,21-22,25-26,28H,7,9-11,14H2,1H3. The normalized spacial score (nSPS) is 26.1. The first-order valence-electron chi connectivity index (χ1n) is 10.8. The van der Waals surface area contributed by atoms with E-state index in [4.69, 9.17) is 4.74 Å². The van der Waals surface area contributed by atoms with Crippen molar-refractivity contribution < 1.29 is 14.6 Å². The summed E-state index contributed by atoms with van der Waals surface area (Å²) in [5.74, 6) is 1.05. The molecule has 4 atom stereocenters. The van der Waals surface area contributed by atoms with Crippen molar-refractivity contribution in [1.82, 2.24) is 5.32 Å². The second-order valence-corrected chi connectivity index (χ2v) is 9.88. The van der Waals surface area contributed by atoms with Crippen LogP contribution in [0.4, 0.5) is 0 Å². The van der Waals surface area contributed by atoms with Crippen molar-refractivity contribution in [3.05, 3.63) is 63.8 Å². The van der Waals surface area contributed by atoms with Crippen molar-refractivity contribution in [1.29, 1.82) is 0 Å². The van der Waals surface area contributed by atoms with Crippen LogP contribution in [-0.2, 0) is 6.42 Å². The zero-order valence-corrected chi connectivity index (χ0v) is 18.0. The second-order valence-electron chi connectivity index (χ2n) is 8.54. The van der Waals surface area contributed by atoms with Gasteiger partial charge in [0.1, 0.15) is 18.0 Å². The molecule has 2 N–H and O–H groups in total. The number of ether oxygens (including phenoxy) is 1. The maximum absolute atomic E-state index is 12.8. The van der Waals surface area contributed by atoms with Gasteiger partial charge in [0.05, 0.1) is 0 Å². The van der Waals surface area contributed by atoms with E-state index >= 15 is 0 Å². The van der Waals surface area contributed by atoms with Gasteiger partial charge in [-0.25, -0.2) is 0 Å². The number of aliphatic hydroxyl groups is 1. The van der Waals surface area contributed by atoms with Crippen molar-refractivity contribution in [2.45, 2.75) is 50.9 Å². The summed E-state index contributed by atoms with van der Waals surface area (Å²) >= 11 is 1.74. The molecule has 0 saturated heterocycles. The average molecular weight is 422 g/mol. The Hall–Kier alpha value is -2.21. The van der Waals surface area contributed by atoms with E-state index in [9.17, 15) is 9.90 Å². The number of hydrogen-bond acceptors (Lipinski definition) is 5. The Bertz CT molecular complexity index is 1080. The third-order valence-electron chi connectivity index (χ3n) is 6.48. The van der Waals surface area contributed by atoms with Gasteiger partial charge in [-0.05, 0) is 61.6 Å². The summed E-state index contributed by atoms with van der Waals surface area (Å²) in [6.45, 7) is 2.69. The Balaban J connectivity index is 1.19. The number of fused-ring (bicyclic) bond motifs is 2. The zero-order valence-electron chi connectivity index (χ0n) is 17.1. The lowest BCUT2D eigenvalue weighted by Gasteiger charge is -2.25. The highest BCUT2D eigenvalue weighted by Gasteiger charge is 2.37. The molecule has 2 aliphatic rings. The molecule has 0 amide bonds. The molecule has 0 aliphatic heterocycles. The molecule has 4 nitrogen and oxygen atoms in total. The second kappa shape index (κ2) is 8.14. The number of aryl methyl sites for hydroxylation is 2. The minimum atomic E-state index is -0.575. The van der Waals surface area contributed by atoms with E-state index in [-0.39, 0.29) is 23.8 Å². The average Bonchev–Trinajstić information content (AvgIpc) is 3.30. The predicted octanol–water partition coefficient (Wildman–Crippen LogP) is 4.52. The van der Waals surface area contributed by atoms with Gasteiger partial charge in [0.15, 0.2) is 5.78 Å². The number of hydrogen-bond donors (Lipinski definition) is 2. The van der Waals surface area contributed by atoms with Gasteiger partial charge in [-0.2, -0.15) is 0 Å². The fourth-order valence-corrected chi connectivity index (χ4v) is 5.87. The minimum absolute atomic E-state index is 0.000781. The van der Waals surface area contributed by atoms with Gasteiger partial charge >= 0.3 is 0 Å². The number of aliphatic hydroxyl groups excluding tert-OH is 1. The van der Waals surface area contributed by atoms with Gasteiger partial charge in [-0.3, -0.25) is 4.79 Å². The predicted molar refractivity (Wildman–Crippen MR) is 121 cm³/mol. The molecule has 2 aliphatic carbocycles. The van der Waals surface area contributed by atoms with E-state index in [1.165, 1.54) is 15.1 Å². The SMILES string of the molecule is Cc1cc2c(s1)CCC(CNC1CCC(Oc3ccc4ccccc4c3)C1O)C2=O. The third kappa shape index (κ3) is 3.78. The smallest absolute Gasteiger partial charge is 0.168 e. The minimum Gasteiger partial charge on any atom is -0.488 e. The zero-order chi connectivity index (χ0) is 20.7. The van der Waals surface area contributed by atoms with Gasteiger partial charge in [-0.1, -0.05) is 30.3 Å². The maximum atomic E-state index is 12.8. The Morgan fingerprint density at radius 1 is 1.10 bits per heavy atom. The fourth-order valence-electron chi connectivity index (χ4n) is 4.81. The lowest BCUT2D eigenvalue weighted by atomic mass is 9.87. The summed E-state index contributed by atoms with van der Waals surface area (Å²) in [6.07, 6.45) is 2.72. The first-order chi connectivity index (χ1) is 14.6. The van der Waals surface area contributed by atoms with Crippen LogP contribution in [0.1, 0.15) is 39.4 Å². The van der Waals surface area contributed by atoms with Crippen LogP contribution in [0.2, 0.25) is 0 Å². The molecule has 5 heteroatoms. The Morgan fingerprint density at radius 3 is 2.80 bits per heavy atom. The molecule has 0 radical (unpaired) electrons. The highest BCUT2D eigenvalue weighted by Crippen LogP contribution is 2.32. The number of nitrogens with one attached hydrogen (secondary N) is 1. The molecule has 1 aromatic heterocycles. The van der Waals surface area contributed by atoms with Crippen LogP contribution in [0.5, 0.6) is 5.75 Å². The van der Waals surface area contributed by atoms with Crippen LogP contribution in [0, 0.1) is 12.8 Å². The van der Waals surface area contributed by atoms with Crippen molar-refractivity contribution in [3.8, 4) is 5.75 Å². The Labute approximate surface area is 180 Å². The Kier molecular flexibility index (Phi) is 5.35. The van der Waals surface area contributed by atoms with Crippen molar-refractivity contribution in [2.75, 3.05) is 6.54 Å². The summed E-state index contributed by atoms with van der Waals surface area (Å²) in [7, 11) is 0. The molecule has 4 unspecified atom stereocenters. The van der Waals surface area contributed by atoms with Gasteiger partial charge in [0, 0.05) is 33.8 Å². The molecule has 0 spiro atoms.